The number of ether oxygens (including phenoxy) is 1. The van der Waals surface area contributed by atoms with Crippen LogP contribution in [0.2, 0.25) is 5.15 Å². The molecule has 0 aliphatic carbocycles. The number of amides is 1. The first kappa shape index (κ1) is 28.3. The molecule has 1 spiro atoms. The number of nitrogens with zero attached hydrogens (tertiary/aromatic N) is 3. The summed E-state index contributed by atoms with van der Waals surface area (Å²) < 4.78 is 47.0. The van der Waals surface area contributed by atoms with Crippen molar-refractivity contribution in [3.8, 4) is 11.1 Å². The number of rotatable bonds is 4. The van der Waals surface area contributed by atoms with Gasteiger partial charge in [-0.05, 0) is 53.9 Å². The molecule has 11 heteroatoms. The molecule has 0 unspecified atom stereocenters. The third kappa shape index (κ3) is 6.47. The molecule has 0 radical (unpaired) electrons. The number of benzene rings is 2. The second-order valence-corrected chi connectivity index (χ2v) is 9.91. The molecule has 0 N–H and O–H groups in total. The summed E-state index contributed by atoms with van der Waals surface area (Å²) >= 11 is 5.92. The Morgan fingerprint density at radius 2 is 1.74 bits per heavy atom. The summed E-state index contributed by atoms with van der Waals surface area (Å²) in [5.74, 6) is 0. The topological polar surface area (TPSA) is 79.8 Å². The molecule has 3 aromatic rings. The zero-order valence-electron chi connectivity index (χ0n) is 21.0. The number of piperidine rings is 1. The molecule has 7 nitrogen and oxygen atoms in total. The largest absolute Gasteiger partial charge is 0.441 e. The van der Waals surface area contributed by atoms with E-state index in [0.717, 1.165) is 5.69 Å². The van der Waals surface area contributed by atoms with Gasteiger partial charge < -0.3 is 4.74 Å². The molecule has 3 heterocycles. The Hall–Kier alpha value is -3.72. The van der Waals surface area contributed by atoms with Crippen molar-refractivity contribution < 1.29 is 32.3 Å². The molecular weight excluding hydrogens is 535 g/mol. The van der Waals surface area contributed by atoms with Crippen LogP contribution in [0.4, 0.5) is 23.7 Å². The molecule has 1 amide bonds. The van der Waals surface area contributed by atoms with Gasteiger partial charge in [-0.3, -0.25) is 9.80 Å². The highest BCUT2D eigenvalue weighted by Crippen LogP contribution is 2.39. The van der Waals surface area contributed by atoms with E-state index in [9.17, 15) is 18.0 Å². The average Bonchev–Trinajstić information content (AvgIpc) is 3.22. The van der Waals surface area contributed by atoms with Crippen LogP contribution in [0.15, 0.2) is 60.8 Å². The lowest BCUT2D eigenvalue weighted by atomic mass is 9.90. The van der Waals surface area contributed by atoms with Gasteiger partial charge in [-0.1, -0.05) is 35.9 Å². The smallest absolute Gasteiger partial charge is 0.416 e. The molecule has 5 rings (SSSR count). The predicted molar refractivity (Wildman–Crippen MR) is 137 cm³/mol. The van der Waals surface area contributed by atoms with Crippen LogP contribution in [0.25, 0.3) is 11.1 Å². The van der Waals surface area contributed by atoms with Crippen LogP contribution in [0.5, 0.6) is 0 Å². The van der Waals surface area contributed by atoms with Crippen LogP contribution >= 0.6 is 11.6 Å². The van der Waals surface area contributed by atoms with Gasteiger partial charge >= 0.3 is 18.4 Å². The SMILES string of the molecule is Cc1cc(-c2ccc(Cl)nc2)c(CN2CCC3(CC2)CN(c2ccccc2)C(=O)O3)cc1C(F)(F)F.O=C=O. The summed E-state index contributed by atoms with van der Waals surface area (Å²) in [6, 6.07) is 15.6. The third-order valence-electron chi connectivity index (χ3n) is 6.99. The molecule has 1 aromatic heterocycles. The first-order chi connectivity index (χ1) is 18.5. The summed E-state index contributed by atoms with van der Waals surface area (Å²) in [4.78, 5) is 36.7. The van der Waals surface area contributed by atoms with Crippen molar-refractivity contribution >= 4 is 29.5 Å². The van der Waals surface area contributed by atoms with Crippen LogP contribution in [0, 0.1) is 6.92 Å². The number of likely N-dealkylation sites (tertiary alicyclic amines) is 1. The Morgan fingerprint density at radius 1 is 1.08 bits per heavy atom. The summed E-state index contributed by atoms with van der Waals surface area (Å²) in [5.41, 5.74) is 1.71. The molecule has 2 aliphatic heterocycles. The van der Waals surface area contributed by atoms with E-state index in [-0.39, 0.29) is 17.8 Å². The minimum absolute atomic E-state index is 0.160. The molecule has 204 valence electrons. The number of para-hydroxylation sites is 1. The maximum Gasteiger partial charge on any atom is 0.416 e. The second kappa shape index (κ2) is 11.6. The number of aromatic nitrogens is 1. The quantitative estimate of drug-likeness (QED) is 0.357. The third-order valence-corrected chi connectivity index (χ3v) is 7.22. The Labute approximate surface area is 228 Å². The molecular formula is C28H25ClF3N3O4. The summed E-state index contributed by atoms with van der Waals surface area (Å²) in [6.07, 6.45) is -1.76. The van der Waals surface area contributed by atoms with E-state index in [4.69, 9.17) is 25.9 Å². The van der Waals surface area contributed by atoms with E-state index in [1.807, 2.05) is 30.3 Å². The minimum atomic E-state index is -4.44. The van der Waals surface area contributed by atoms with Gasteiger partial charge in [0.2, 0.25) is 0 Å². The zero-order valence-corrected chi connectivity index (χ0v) is 21.8. The number of alkyl halides is 3. The first-order valence-corrected chi connectivity index (χ1v) is 12.5. The van der Waals surface area contributed by atoms with Crippen molar-refractivity contribution in [3.63, 3.8) is 0 Å². The number of aryl methyl sites for hydroxylation is 1. The van der Waals surface area contributed by atoms with Crippen molar-refractivity contribution in [2.24, 2.45) is 0 Å². The normalized spacial score (nSPS) is 16.8. The maximum atomic E-state index is 13.7. The molecule has 39 heavy (non-hydrogen) atoms. The fourth-order valence-corrected chi connectivity index (χ4v) is 5.15. The fourth-order valence-electron chi connectivity index (χ4n) is 5.04. The molecule has 2 aromatic carbocycles. The van der Waals surface area contributed by atoms with E-state index in [1.165, 1.54) is 13.0 Å². The van der Waals surface area contributed by atoms with Gasteiger partial charge in [-0.25, -0.2) is 9.78 Å². The Morgan fingerprint density at radius 3 is 2.33 bits per heavy atom. The summed E-state index contributed by atoms with van der Waals surface area (Å²) in [7, 11) is 0. The van der Waals surface area contributed by atoms with Crippen LogP contribution in [0.3, 0.4) is 0 Å². The molecule has 0 atom stereocenters. The number of pyridine rings is 1. The number of hydrogen-bond donors (Lipinski definition) is 0. The Bertz CT molecular complexity index is 1350. The van der Waals surface area contributed by atoms with E-state index < -0.39 is 17.3 Å². The highest BCUT2D eigenvalue weighted by molar-refractivity contribution is 6.29. The number of anilines is 1. The minimum Gasteiger partial charge on any atom is -0.441 e. The predicted octanol–water partition coefficient (Wildman–Crippen LogP) is 6.14. The number of halogens is 4. The number of carbonyl (C=O) groups excluding carboxylic acids is 3. The van der Waals surface area contributed by atoms with Crippen molar-refractivity contribution in [2.45, 2.75) is 38.1 Å². The lowest BCUT2D eigenvalue weighted by Crippen LogP contribution is -2.46. The molecule has 0 saturated carbocycles. The van der Waals surface area contributed by atoms with Gasteiger partial charge in [0.25, 0.3) is 0 Å². The molecule has 2 saturated heterocycles. The summed E-state index contributed by atoms with van der Waals surface area (Å²) in [5, 5.41) is 0.320. The van der Waals surface area contributed by atoms with Gasteiger partial charge in [0.05, 0.1) is 12.1 Å². The molecule has 0 bridgehead atoms. The number of hydrogen-bond acceptors (Lipinski definition) is 6. The van der Waals surface area contributed by atoms with E-state index in [1.54, 1.807) is 29.3 Å². The van der Waals surface area contributed by atoms with E-state index >= 15 is 0 Å². The highest BCUT2D eigenvalue weighted by Gasteiger charge is 2.47. The van der Waals surface area contributed by atoms with Crippen molar-refractivity contribution in [2.75, 3.05) is 24.5 Å². The molecule has 2 aliphatic rings. The second-order valence-electron chi connectivity index (χ2n) is 9.52. The van der Waals surface area contributed by atoms with Gasteiger partial charge in [0, 0.05) is 49.9 Å². The maximum absolute atomic E-state index is 13.7. The zero-order chi connectivity index (χ0) is 28.2. The first-order valence-electron chi connectivity index (χ1n) is 12.1. The fraction of sp³-hybridized carbons (Fsp3) is 0.321. The lowest BCUT2D eigenvalue weighted by Gasteiger charge is -2.37. The standard InChI is InChI=1S/C27H25ClF3N3O2.CO2/c1-18-13-22(19-7-8-24(28)32-15-19)20(14-23(18)27(29,30)31)16-33-11-9-26(10-12-33)17-34(25(35)36-26)21-5-3-2-4-6-21;2-1-3/h2-8,13-15H,9-12,16-17H2,1H3;. The lowest BCUT2D eigenvalue weighted by molar-refractivity contribution is -0.191. The monoisotopic (exact) mass is 559 g/mol. The van der Waals surface area contributed by atoms with E-state index in [2.05, 4.69) is 9.88 Å². The van der Waals surface area contributed by atoms with Crippen LogP contribution < -0.4 is 4.90 Å². The van der Waals surface area contributed by atoms with Crippen LogP contribution in [-0.2, 0) is 27.0 Å². The summed E-state index contributed by atoms with van der Waals surface area (Å²) in [6.45, 7) is 3.48. The van der Waals surface area contributed by atoms with Gasteiger partial charge in [0.1, 0.15) is 10.8 Å². The van der Waals surface area contributed by atoms with Crippen molar-refractivity contribution in [3.05, 3.63) is 82.6 Å². The van der Waals surface area contributed by atoms with E-state index in [0.29, 0.717) is 60.9 Å². The van der Waals surface area contributed by atoms with Gasteiger partial charge in [-0.15, -0.1) is 0 Å². The van der Waals surface area contributed by atoms with Gasteiger partial charge in [-0.2, -0.15) is 22.8 Å². The van der Waals surface area contributed by atoms with Crippen molar-refractivity contribution in [1.82, 2.24) is 9.88 Å². The van der Waals surface area contributed by atoms with Crippen LogP contribution in [-0.4, -0.2) is 47.4 Å². The van der Waals surface area contributed by atoms with Crippen LogP contribution in [0.1, 0.15) is 29.5 Å². The van der Waals surface area contributed by atoms with Crippen molar-refractivity contribution in [1.29, 1.82) is 0 Å². The highest BCUT2D eigenvalue weighted by atomic mass is 35.5. The number of carbonyl (C=O) groups is 1. The average molecular weight is 560 g/mol. The van der Waals surface area contributed by atoms with Gasteiger partial charge in [0.15, 0.2) is 0 Å². The Balaban J connectivity index is 0.00000112. The molecule has 2 fully saturated rings. The Kier molecular flexibility index (Phi) is 8.39.